The standard InChI is InChI=1S/C14H21NO3/c1-4-11-8-15(6-5-13(11)16)14(17)12-7-9(2)18-10(12)3/h7,11,13,16H,4-6,8H2,1-3H3. The predicted molar refractivity (Wildman–Crippen MR) is 68.5 cm³/mol. The zero-order chi connectivity index (χ0) is 13.3. The Labute approximate surface area is 108 Å². The van der Waals surface area contributed by atoms with Crippen molar-refractivity contribution < 1.29 is 14.3 Å². The molecule has 1 fully saturated rings. The summed E-state index contributed by atoms with van der Waals surface area (Å²) in [5.74, 6) is 1.65. The molecule has 1 aliphatic heterocycles. The van der Waals surface area contributed by atoms with E-state index in [0.29, 0.717) is 30.8 Å². The first-order valence-corrected chi connectivity index (χ1v) is 6.57. The minimum absolute atomic E-state index is 0.0229. The average Bonchev–Trinajstić information content (AvgIpc) is 2.68. The van der Waals surface area contributed by atoms with Crippen LogP contribution >= 0.6 is 0 Å². The number of aryl methyl sites for hydroxylation is 2. The highest BCUT2D eigenvalue weighted by Crippen LogP contribution is 2.23. The number of carbonyl (C=O) groups excluding carboxylic acids is 1. The van der Waals surface area contributed by atoms with Gasteiger partial charge in [-0.2, -0.15) is 0 Å². The Morgan fingerprint density at radius 2 is 2.28 bits per heavy atom. The topological polar surface area (TPSA) is 53.7 Å². The summed E-state index contributed by atoms with van der Waals surface area (Å²) in [6, 6.07) is 1.80. The molecule has 1 amide bonds. The van der Waals surface area contributed by atoms with Gasteiger partial charge in [-0.1, -0.05) is 6.92 Å². The van der Waals surface area contributed by atoms with Crippen LogP contribution in [0.25, 0.3) is 0 Å². The highest BCUT2D eigenvalue weighted by atomic mass is 16.3. The quantitative estimate of drug-likeness (QED) is 0.876. The lowest BCUT2D eigenvalue weighted by Crippen LogP contribution is -2.45. The van der Waals surface area contributed by atoms with E-state index in [1.165, 1.54) is 0 Å². The molecule has 0 aliphatic carbocycles. The van der Waals surface area contributed by atoms with Crippen molar-refractivity contribution in [3.63, 3.8) is 0 Å². The summed E-state index contributed by atoms with van der Waals surface area (Å²) in [6.45, 7) is 6.98. The van der Waals surface area contributed by atoms with Gasteiger partial charge in [0, 0.05) is 19.0 Å². The summed E-state index contributed by atoms with van der Waals surface area (Å²) in [6.07, 6.45) is 1.29. The fourth-order valence-electron chi connectivity index (χ4n) is 2.62. The number of piperidine rings is 1. The van der Waals surface area contributed by atoms with E-state index >= 15 is 0 Å². The first-order valence-electron chi connectivity index (χ1n) is 6.57. The largest absolute Gasteiger partial charge is 0.466 e. The molecule has 4 heteroatoms. The fourth-order valence-corrected chi connectivity index (χ4v) is 2.62. The monoisotopic (exact) mass is 251 g/mol. The van der Waals surface area contributed by atoms with Crippen LogP contribution in [0.15, 0.2) is 10.5 Å². The van der Waals surface area contributed by atoms with Crippen LogP contribution in [-0.4, -0.2) is 35.1 Å². The fraction of sp³-hybridized carbons (Fsp3) is 0.643. The normalized spacial score (nSPS) is 24.3. The highest BCUT2D eigenvalue weighted by Gasteiger charge is 2.30. The van der Waals surface area contributed by atoms with E-state index in [0.717, 1.165) is 12.2 Å². The third kappa shape index (κ3) is 2.43. The van der Waals surface area contributed by atoms with Gasteiger partial charge in [-0.25, -0.2) is 0 Å². The number of furan rings is 1. The molecule has 1 aromatic heterocycles. The minimum atomic E-state index is -0.272. The number of nitrogens with zero attached hydrogens (tertiary/aromatic N) is 1. The van der Waals surface area contributed by atoms with Gasteiger partial charge in [0.25, 0.3) is 5.91 Å². The smallest absolute Gasteiger partial charge is 0.257 e. The van der Waals surface area contributed by atoms with E-state index in [9.17, 15) is 9.90 Å². The van der Waals surface area contributed by atoms with Gasteiger partial charge in [-0.15, -0.1) is 0 Å². The average molecular weight is 251 g/mol. The number of amides is 1. The van der Waals surface area contributed by atoms with Crippen molar-refractivity contribution >= 4 is 5.91 Å². The summed E-state index contributed by atoms with van der Waals surface area (Å²) in [4.78, 5) is 14.2. The molecule has 4 nitrogen and oxygen atoms in total. The van der Waals surface area contributed by atoms with E-state index in [1.807, 2.05) is 18.7 Å². The van der Waals surface area contributed by atoms with Crippen molar-refractivity contribution in [1.82, 2.24) is 4.90 Å². The number of hydrogen-bond acceptors (Lipinski definition) is 3. The molecule has 2 unspecified atom stereocenters. The first-order chi connectivity index (χ1) is 8.52. The Balaban J connectivity index is 2.12. The molecule has 2 rings (SSSR count). The zero-order valence-corrected chi connectivity index (χ0v) is 11.3. The molecule has 1 aromatic rings. The van der Waals surface area contributed by atoms with Gasteiger partial charge in [0.1, 0.15) is 11.5 Å². The molecular weight excluding hydrogens is 230 g/mol. The van der Waals surface area contributed by atoms with Crippen molar-refractivity contribution in [2.75, 3.05) is 13.1 Å². The third-order valence-electron chi connectivity index (χ3n) is 3.78. The van der Waals surface area contributed by atoms with E-state index in [1.54, 1.807) is 6.07 Å². The molecule has 0 spiro atoms. The summed E-state index contributed by atoms with van der Waals surface area (Å²) in [5.41, 5.74) is 0.652. The van der Waals surface area contributed by atoms with Gasteiger partial charge in [0.2, 0.25) is 0 Å². The van der Waals surface area contributed by atoms with E-state index in [-0.39, 0.29) is 17.9 Å². The molecule has 18 heavy (non-hydrogen) atoms. The molecule has 1 saturated heterocycles. The number of aliphatic hydroxyl groups is 1. The van der Waals surface area contributed by atoms with Gasteiger partial charge in [-0.3, -0.25) is 4.79 Å². The van der Waals surface area contributed by atoms with Gasteiger partial charge in [0.05, 0.1) is 11.7 Å². The number of hydrogen-bond donors (Lipinski definition) is 1. The van der Waals surface area contributed by atoms with Gasteiger partial charge in [-0.05, 0) is 32.8 Å². The van der Waals surface area contributed by atoms with E-state index in [2.05, 4.69) is 6.92 Å². The molecule has 2 atom stereocenters. The van der Waals surface area contributed by atoms with E-state index < -0.39 is 0 Å². The van der Waals surface area contributed by atoms with Crippen LogP contribution in [0.4, 0.5) is 0 Å². The molecule has 0 bridgehead atoms. The Kier molecular flexibility index (Phi) is 3.76. The summed E-state index contributed by atoms with van der Waals surface area (Å²) < 4.78 is 5.40. The molecular formula is C14H21NO3. The minimum Gasteiger partial charge on any atom is -0.466 e. The number of likely N-dealkylation sites (tertiary alicyclic amines) is 1. The summed E-state index contributed by atoms with van der Waals surface area (Å²) >= 11 is 0. The maximum atomic E-state index is 12.4. The van der Waals surface area contributed by atoms with Crippen LogP contribution in [0, 0.1) is 19.8 Å². The van der Waals surface area contributed by atoms with Crippen molar-refractivity contribution in [2.45, 2.75) is 39.7 Å². The van der Waals surface area contributed by atoms with Crippen LogP contribution in [-0.2, 0) is 0 Å². The molecule has 0 radical (unpaired) electrons. The molecule has 0 aromatic carbocycles. The van der Waals surface area contributed by atoms with Crippen LogP contribution in [0.1, 0.15) is 41.6 Å². The summed E-state index contributed by atoms with van der Waals surface area (Å²) in [7, 11) is 0. The lowest BCUT2D eigenvalue weighted by atomic mass is 9.92. The second kappa shape index (κ2) is 5.14. The summed E-state index contributed by atoms with van der Waals surface area (Å²) in [5, 5.41) is 9.84. The molecule has 2 heterocycles. The Bertz CT molecular complexity index is 438. The Morgan fingerprint density at radius 1 is 1.56 bits per heavy atom. The van der Waals surface area contributed by atoms with Crippen molar-refractivity contribution in [1.29, 1.82) is 0 Å². The number of aliphatic hydroxyl groups excluding tert-OH is 1. The number of carbonyl (C=O) groups is 1. The predicted octanol–water partition coefficient (Wildman–Crippen LogP) is 2.13. The zero-order valence-electron chi connectivity index (χ0n) is 11.3. The van der Waals surface area contributed by atoms with E-state index in [4.69, 9.17) is 4.42 Å². The van der Waals surface area contributed by atoms with Crippen molar-refractivity contribution in [3.05, 3.63) is 23.2 Å². The van der Waals surface area contributed by atoms with Crippen LogP contribution < -0.4 is 0 Å². The Morgan fingerprint density at radius 3 is 2.83 bits per heavy atom. The lowest BCUT2D eigenvalue weighted by molar-refractivity contribution is 0.0228. The lowest BCUT2D eigenvalue weighted by Gasteiger charge is -2.35. The van der Waals surface area contributed by atoms with Gasteiger partial charge >= 0.3 is 0 Å². The van der Waals surface area contributed by atoms with Gasteiger partial charge in [0.15, 0.2) is 0 Å². The second-order valence-corrected chi connectivity index (χ2v) is 5.10. The van der Waals surface area contributed by atoms with Crippen LogP contribution in [0.2, 0.25) is 0 Å². The second-order valence-electron chi connectivity index (χ2n) is 5.10. The molecule has 1 aliphatic rings. The highest BCUT2D eigenvalue weighted by molar-refractivity contribution is 5.95. The third-order valence-corrected chi connectivity index (χ3v) is 3.78. The maximum Gasteiger partial charge on any atom is 0.257 e. The molecule has 100 valence electrons. The molecule has 1 N–H and O–H groups in total. The van der Waals surface area contributed by atoms with Crippen molar-refractivity contribution in [2.24, 2.45) is 5.92 Å². The van der Waals surface area contributed by atoms with Crippen molar-refractivity contribution in [3.8, 4) is 0 Å². The SMILES string of the molecule is CCC1CN(C(=O)c2cc(C)oc2C)CCC1O. The maximum absolute atomic E-state index is 12.4. The first kappa shape index (κ1) is 13.1. The van der Waals surface area contributed by atoms with Crippen LogP contribution in [0.5, 0.6) is 0 Å². The Hall–Kier alpha value is -1.29. The van der Waals surface area contributed by atoms with Crippen LogP contribution in [0.3, 0.4) is 0 Å². The number of rotatable bonds is 2. The van der Waals surface area contributed by atoms with Gasteiger partial charge < -0.3 is 14.4 Å². The molecule has 0 saturated carbocycles.